The van der Waals surface area contributed by atoms with Gasteiger partial charge in [0.05, 0.1) is 28.4 Å². The standard InChI is InChI=1S/C22H16ClNO3/c1-2-27-14-11-9-13(10-12-14)24-18-8-4-6-16-20(18)22(26)19-15(21(16)25)5-3-7-17(19)23/h3-12,24H,2H2,1H3. The highest BCUT2D eigenvalue weighted by atomic mass is 35.5. The van der Waals surface area contributed by atoms with E-state index < -0.39 is 0 Å². The number of nitrogens with one attached hydrogen (secondary N) is 1. The number of ether oxygens (including phenoxy) is 1. The van der Waals surface area contributed by atoms with Crippen molar-refractivity contribution in [1.82, 2.24) is 0 Å². The van der Waals surface area contributed by atoms with Gasteiger partial charge in [0.15, 0.2) is 11.6 Å². The van der Waals surface area contributed by atoms with E-state index in [9.17, 15) is 9.59 Å². The van der Waals surface area contributed by atoms with E-state index in [1.807, 2.05) is 31.2 Å². The van der Waals surface area contributed by atoms with Crippen LogP contribution in [0.5, 0.6) is 5.75 Å². The average Bonchev–Trinajstić information content (AvgIpc) is 2.67. The second-order valence-corrected chi connectivity index (χ2v) is 6.54. The van der Waals surface area contributed by atoms with E-state index in [1.54, 1.807) is 36.4 Å². The monoisotopic (exact) mass is 377 g/mol. The van der Waals surface area contributed by atoms with Crippen molar-refractivity contribution in [3.8, 4) is 5.75 Å². The fraction of sp³-hybridized carbons (Fsp3) is 0.0909. The highest BCUT2D eigenvalue weighted by Crippen LogP contribution is 2.36. The van der Waals surface area contributed by atoms with Crippen LogP contribution in [0.15, 0.2) is 60.7 Å². The van der Waals surface area contributed by atoms with Gasteiger partial charge >= 0.3 is 0 Å². The van der Waals surface area contributed by atoms with Gasteiger partial charge in [0.1, 0.15) is 5.75 Å². The first-order valence-corrected chi connectivity index (χ1v) is 8.98. The molecule has 4 nitrogen and oxygen atoms in total. The first kappa shape index (κ1) is 17.3. The molecule has 0 aromatic heterocycles. The summed E-state index contributed by atoms with van der Waals surface area (Å²) < 4.78 is 5.44. The molecule has 0 saturated carbocycles. The highest BCUT2D eigenvalue weighted by molar-refractivity contribution is 6.39. The van der Waals surface area contributed by atoms with Crippen LogP contribution in [0.1, 0.15) is 38.8 Å². The van der Waals surface area contributed by atoms with Crippen LogP contribution in [0.25, 0.3) is 0 Å². The lowest BCUT2D eigenvalue weighted by Gasteiger charge is -2.21. The summed E-state index contributed by atoms with van der Waals surface area (Å²) in [7, 11) is 0. The number of hydrogen-bond acceptors (Lipinski definition) is 4. The fourth-order valence-electron chi connectivity index (χ4n) is 3.26. The van der Waals surface area contributed by atoms with E-state index in [0.717, 1.165) is 11.4 Å². The van der Waals surface area contributed by atoms with Gasteiger partial charge in [0.25, 0.3) is 0 Å². The quantitative estimate of drug-likeness (QED) is 0.527. The molecular weight excluding hydrogens is 362 g/mol. The molecule has 0 aliphatic heterocycles. The Morgan fingerprint density at radius 3 is 2.22 bits per heavy atom. The molecular formula is C22H16ClNO3. The van der Waals surface area contributed by atoms with Gasteiger partial charge in [-0.2, -0.15) is 0 Å². The zero-order chi connectivity index (χ0) is 19.0. The van der Waals surface area contributed by atoms with Gasteiger partial charge in [-0.1, -0.05) is 35.9 Å². The lowest BCUT2D eigenvalue weighted by Crippen LogP contribution is -2.22. The number of fused-ring (bicyclic) bond motifs is 2. The summed E-state index contributed by atoms with van der Waals surface area (Å²) in [6, 6.07) is 17.6. The predicted molar refractivity (Wildman–Crippen MR) is 106 cm³/mol. The van der Waals surface area contributed by atoms with Gasteiger partial charge in [0.2, 0.25) is 0 Å². The van der Waals surface area contributed by atoms with Crippen molar-refractivity contribution in [3.63, 3.8) is 0 Å². The topological polar surface area (TPSA) is 55.4 Å². The molecule has 0 heterocycles. The van der Waals surface area contributed by atoms with Crippen molar-refractivity contribution in [2.24, 2.45) is 0 Å². The molecule has 27 heavy (non-hydrogen) atoms. The molecule has 0 fully saturated rings. The summed E-state index contributed by atoms with van der Waals surface area (Å²) in [5.41, 5.74) is 2.69. The summed E-state index contributed by atoms with van der Waals surface area (Å²) >= 11 is 6.22. The van der Waals surface area contributed by atoms with Gasteiger partial charge in [-0.3, -0.25) is 9.59 Å². The summed E-state index contributed by atoms with van der Waals surface area (Å²) in [6.07, 6.45) is 0. The Hall–Kier alpha value is -3.11. The molecule has 0 bridgehead atoms. The molecule has 3 aromatic rings. The lowest BCUT2D eigenvalue weighted by atomic mass is 9.83. The van der Waals surface area contributed by atoms with E-state index in [4.69, 9.17) is 16.3 Å². The van der Waals surface area contributed by atoms with Crippen molar-refractivity contribution in [2.75, 3.05) is 11.9 Å². The first-order valence-electron chi connectivity index (χ1n) is 8.61. The normalized spacial score (nSPS) is 12.4. The Bertz CT molecular complexity index is 1060. The smallest absolute Gasteiger partial charge is 0.198 e. The number of benzene rings is 3. The van der Waals surface area contributed by atoms with Gasteiger partial charge in [-0.25, -0.2) is 0 Å². The zero-order valence-electron chi connectivity index (χ0n) is 14.6. The molecule has 5 heteroatoms. The van der Waals surface area contributed by atoms with E-state index in [0.29, 0.717) is 29.0 Å². The molecule has 0 amide bonds. The van der Waals surface area contributed by atoms with Crippen molar-refractivity contribution in [3.05, 3.63) is 87.9 Å². The average molecular weight is 378 g/mol. The number of rotatable bonds is 4. The minimum absolute atomic E-state index is 0.197. The van der Waals surface area contributed by atoms with Crippen molar-refractivity contribution in [1.29, 1.82) is 0 Å². The maximum Gasteiger partial charge on any atom is 0.198 e. The largest absolute Gasteiger partial charge is 0.494 e. The van der Waals surface area contributed by atoms with Crippen LogP contribution in [0.2, 0.25) is 5.02 Å². The first-order chi connectivity index (χ1) is 13.1. The van der Waals surface area contributed by atoms with Crippen LogP contribution in [0.4, 0.5) is 11.4 Å². The van der Waals surface area contributed by atoms with Crippen molar-refractivity contribution in [2.45, 2.75) is 6.92 Å². The number of anilines is 2. The van der Waals surface area contributed by atoms with Crippen LogP contribution in [0.3, 0.4) is 0 Å². The SMILES string of the molecule is CCOc1ccc(Nc2cccc3c2C(=O)c2c(Cl)cccc2C3=O)cc1. The van der Waals surface area contributed by atoms with Crippen LogP contribution < -0.4 is 10.1 Å². The van der Waals surface area contributed by atoms with E-state index in [2.05, 4.69) is 5.32 Å². The molecule has 0 atom stereocenters. The Morgan fingerprint density at radius 2 is 1.52 bits per heavy atom. The molecule has 0 saturated heterocycles. The maximum absolute atomic E-state index is 13.1. The Kier molecular flexibility index (Phi) is 4.42. The predicted octanol–water partition coefficient (Wildman–Crippen LogP) is 5.26. The molecule has 4 rings (SSSR count). The Labute approximate surface area is 161 Å². The van der Waals surface area contributed by atoms with Gasteiger partial charge in [0, 0.05) is 16.8 Å². The number of carbonyl (C=O) groups excluding carboxylic acids is 2. The molecule has 0 radical (unpaired) electrons. The third-order valence-corrected chi connectivity index (χ3v) is 4.78. The third kappa shape index (κ3) is 2.98. The number of hydrogen-bond donors (Lipinski definition) is 1. The second kappa shape index (κ2) is 6.89. The molecule has 0 spiro atoms. The third-order valence-electron chi connectivity index (χ3n) is 4.47. The van der Waals surface area contributed by atoms with Crippen LogP contribution in [-0.2, 0) is 0 Å². The second-order valence-electron chi connectivity index (χ2n) is 6.13. The lowest BCUT2D eigenvalue weighted by molar-refractivity contribution is 0.0980. The molecule has 1 aliphatic rings. The number of carbonyl (C=O) groups is 2. The minimum Gasteiger partial charge on any atom is -0.494 e. The van der Waals surface area contributed by atoms with Gasteiger partial charge < -0.3 is 10.1 Å². The summed E-state index contributed by atoms with van der Waals surface area (Å²) in [4.78, 5) is 26.0. The van der Waals surface area contributed by atoms with Crippen molar-refractivity contribution >= 4 is 34.5 Å². The molecule has 134 valence electrons. The van der Waals surface area contributed by atoms with Crippen LogP contribution in [-0.4, -0.2) is 18.2 Å². The van der Waals surface area contributed by atoms with E-state index in [1.165, 1.54) is 0 Å². The number of ketones is 2. The van der Waals surface area contributed by atoms with Crippen LogP contribution in [0, 0.1) is 0 Å². The summed E-state index contributed by atoms with van der Waals surface area (Å²) in [5, 5.41) is 3.52. The molecule has 1 aliphatic carbocycles. The van der Waals surface area contributed by atoms with Crippen molar-refractivity contribution < 1.29 is 14.3 Å². The highest BCUT2D eigenvalue weighted by Gasteiger charge is 2.33. The number of halogens is 1. The molecule has 3 aromatic carbocycles. The summed E-state index contributed by atoms with van der Waals surface area (Å²) in [6.45, 7) is 2.52. The maximum atomic E-state index is 13.1. The molecule has 0 unspecified atom stereocenters. The zero-order valence-corrected chi connectivity index (χ0v) is 15.3. The van der Waals surface area contributed by atoms with Gasteiger partial charge in [-0.15, -0.1) is 0 Å². The fourth-order valence-corrected chi connectivity index (χ4v) is 3.52. The Morgan fingerprint density at radius 1 is 0.852 bits per heavy atom. The summed E-state index contributed by atoms with van der Waals surface area (Å²) in [5.74, 6) is 0.321. The van der Waals surface area contributed by atoms with Crippen LogP contribution >= 0.6 is 11.6 Å². The molecule has 1 N–H and O–H groups in total. The van der Waals surface area contributed by atoms with E-state index >= 15 is 0 Å². The van der Waals surface area contributed by atoms with Gasteiger partial charge in [-0.05, 0) is 43.3 Å². The minimum atomic E-state index is -0.251. The Balaban J connectivity index is 1.76. The van der Waals surface area contributed by atoms with E-state index in [-0.39, 0.29) is 22.2 Å².